The summed E-state index contributed by atoms with van der Waals surface area (Å²) in [6, 6.07) is 5.87. The van der Waals surface area contributed by atoms with Crippen LogP contribution in [0.2, 0.25) is 0 Å². The molecule has 2 atom stereocenters. The number of nitrogens with zero attached hydrogens (tertiary/aromatic N) is 1. The molecule has 1 aromatic carbocycles. The van der Waals surface area contributed by atoms with Crippen molar-refractivity contribution in [2.75, 3.05) is 12.4 Å². The summed E-state index contributed by atoms with van der Waals surface area (Å²) in [7, 11) is 1.90. The standard InChI is InChI=1S/C17H22N2O2/c1-11-4-3-5-14(8-11)19(2)17(21)13-7-6-12-10-16(20)18-15(12)9-13/h6-7,9,11,14H,3-5,8,10H2,1-2H3,(H,18,20). The third-order valence-electron chi connectivity index (χ3n) is 4.76. The lowest BCUT2D eigenvalue weighted by Gasteiger charge is -2.34. The zero-order chi connectivity index (χ0) is 15.0. The second-order valence-corrected chi connectivity index (χ2v) is 6.44. The van der Waals surface area contributed by atoms with Crippen molar-refractivity contribution < 1.29 is 9.59 Å². The minimum atomic E-state index is 0.00376. The molecule has 3 rings (SSSR count). The Hall–Kier alpha value is -1.84. The van der Waals surface area contributed by atoms with Crippen molar-refractivity contribution in [1.82, 2.24) is 4.90 Å². The van der Waals surface area contributed by atoms with Crippen molar-refractivity contribution >= 4 is 17.5 Å². The molecular weight excluding hydrogens is 264 g/mol. The van der Waals surface area contributed by atoms with Gasteiger partial charge in [-0.25, -0.2) is 0 Å². The highest BCUT2D eigenvalue weighted by atomic mass is 16.2. The van der Waals surface area contributed by atoms with E-state index in [4.69, 9.17) is 0 Å². The minimum absolute atomic E-state index is 0.00376. The largest absolute Gasteiger partial charge is 0.339 e. The van der Waals surface area contributed by atoms with E-state index in [0.29, 0.717) is 23.9 Å². The Kier molecular flexibility index (Phi) is 3.70. The smallest absolute Gasteiger partial charge is 0.253 e. The van der Waals surface area contributed by atoms with Gasteiger partial charge in [-0.1, -0.05) is 25.8 Å². The molecule has 112 valence electrons. The number of carbonyl (C=O) groups excluding carboxylic acids is 2. The van der Waals surface area contributed by atoms with Crippen molar-refractivity contribution in [3.8, 4) is 0 Å². The number of anilines is 1. The van der Waals surface area contributed by atoms with Crippen LogP contribution in [0.4, 0.5) is 5.69 Å². The molecule has 1 aliphatic carbocycles. The Labute approximate surface area is 125 Å². The van der Waals surface area contributed by atoms with E-state index >= 15 is 0 Å². The third-order valence-corrected chi connectivity index (χ3v) is 4.76. The van der Waals surface area contributed by atoms with E-state index in [1.165, 1.54) is 12.8 Å². The SMILES string of the molecule is CC1CCCC(N(C)C(=O)c2ccc3c(c2)NC(=O)C3)C1. The normalized spacial score (nSPS) is 24.4. The van der Waals surface area contributed by atoms with Crippen LogP contribution in [0.15, 0.2) is 18.2 Å². The van der Waals surface area contributed by atoms with Crippen LogP contribution in [-0.2, 0) is 11.2 Å². The van der Waals surface area contributed by atoms with Gasteiger partial charge >= 0.3 is 0 Å². The summed E-state index contributed by atoms with van der Waals surface area (Å²) >= 11 is 0. The molecule has 2 aliphatic rings. The second kappa shape index (κ2) is 5.51. The van der Waals surface area contributed by atoms with Gasteiger partial charge in [-0.05, 0) is 36.5 Å². The van der Waals surface area contributed by atoms with Crippen LogP contribution in [0.3, 0.4) is 0 Å². The summed E-state index contributed by atoms with van der Waals surface area (Å²) in [6.07, 6.45) is 5.06. The molecule has 1 N–H and O–H groups in total. The van der Waals surface area contributed by atoms with E-state index in [0.717, 1.165) is 24.1 Å². The second-order valence-electron chi connectivity index (χ2n) is 6.44. The maximum absolute atomic E-state index is 12.6. The Balaban J connectivity index is 1.76. The molecular formula is C17H22N2O2. The number of carbonyl (C=O) groups is 2. The van der Waals surface area contributed by atoms with Gasteiger partial charge in [0, 0.05) is 24.3 Å². The quantitative estimate of drug-likeness (QED) is 0.909. The van der Waals surface area contributed by atoms with Crippen LogP contribution >= 0.6 is 0 Å². The summed E-state index contributed by atoms with van der Waals surface area (Å²) in [6.45, 7) is 2.26. The van der Waals surface area contributed by atoms with E-state index < -0.39 is 0 Å². The van der Waals surface area contributed by atoms with Crippen LogP contribution in [0.25, 0.3) is 0 Å². The van der Waals surface area contributed by atoms with Gasteiger partial charge in [0.15, 0.2) is 0 Å². The summed E-state index contributed by atoms with van der Waals surface area (Å²) in [5.41, 5.74) is 2.43. The first-order chi connectivity index (χ1) is 10.0. The van der Waals surface area contributed by atoms with Gasteiger partial charge < -0.3 is 10.2 Å². The first kappa shape index (κ1) is 14.1. The van der Waals surface area contributed by atoms with E-state index in [1.807, 2.05) is 30.1 Å². The average molecular weight is 286 g/mol. The van der Waals surface area contributed by atoms with Crippen LogP contribution < -0.4 is 5.32 Å². The first-order valence-corrected chi connectivity index (χ1v) is 7.74. The Morgan fingerprint density at radius 1 is 1.33 bits per heavy atom. The van der Waals surface area contributed by atoms with Crippen molar-refractivity contribution in [1.29, 1.82) is 0 Å². The van der Waals surface area contributed by atoms with E-state index in [1.54, 1.807) is 0 Å². The number of nitrogens with one attached hydrogen (secondary N) is 1. The Morgan fingerprint density at radius 2 is 2.14 bits per heavy atom. The maximum Gasteiger partial charge on any atom is 0.253 e. The van der Waals surface area contributed by atoms with Gasteiger partial charge in [-0.3, -0.25) is 9.59 Å². The van der Waals surface area contributed by atoms with E-state index in [9.17, 15) is 9.59 Å². The van der Waals surface area contributed by atoms with Crippen molar-refractivity contribution in [2.45, 2.75) is 45.1 Å². The molecule has 0 radical (unpaired) electrons. The zero-order valence-corrected chi connectivity index (χ0v) is 12.7. The fraction of sp³-hybridized carbons (Fsp3) is 0.529. The molecule has 0 aromatic heterocycles. The highest BCUT2D eigenvalue weighted by molar-refractivity contribution is 6.02. The topological polar surface area (TPSA) is 49.4 Å². The molecule has 0 bridgehead atoms. The summed E-state index contributed by atoms with van der Waals surface area (Å²) in [5, 5.41) is 2.81. The minimum Gasteiger partial charge on any atom is -0.339 e. The highest BCUT2D eigenvalue weighted by Gasteiger charge is 2.27. The zero-order valence-electron chi connectivity index (χ0n) is 12.7. The highest BCUT2D eigenvalue weighted by Crippen LogP contribution is 2.29. The fourth-order valence-electron chi connectivity index (χ4n) is 3.47. The van der Waals surface area contributed by atoms with Gasteiger partial charge in [0.25, 0.3) is 5.91 Å². The Morgan fingerprint density at radius 3 is 2.90 bits per heavy atom. The van der Waals surface area contributed by atoms with Crippen molar-refractivity contribution in [3.63, 3.8) is 0 Å². The number of rotatable bonds is 2. The van der Waals surface area contributed by atoms with Crippen molar-refractivity contribution in [2.24, 2.45) is 5.92 Å². The molecule has 4 heteroatoms. The molecule has 0 saturated heterocycles. The lowest BCUT2D eigenvalue weighted by Crippen LogP contribution is -2.39. The predicted octanol–water partition coefficient (Wildman–Crippen LogP) is 2.83. The van der Waals surface area contributed by atoms with Gasteiger partial charge in [-0.15, -0.1) is 0 Å². The van der Waals surface area contributed by atoms with E-state index in [-0.39, 0.29) is 11.8 Å². The van der Waals surface area contributed by atoms with E-state index in [2.05, 4.69) is 12.2 Å². The number of benzene rings is 1. The fourth-order valence-corrected chi connectivity index (χ4v) is 3.47. The lowest BCUT2D eigenvalue weighted by molar-refractivity contribution is -0.115. The van der Waals surface area contributed by atoms with Crippen molar-refractivity contribution in [3.05, 3.63) is 29.3 Å². The molecule has 1 aromatic rings. The van der Waals surface area contributed by atoms with Gasteiger partial charge in [0.1, 0.15) is 0 Å². The van der Waals surface area contributed by atoms with Crippen LogP contribution in [0, 0.1) is 5.92 Å². The number of hydrogen-bond donors (Lipinski definition) is 1. The molecule has 1 heterocycles. The molecule has 1 saturated carbocycles. The van der Waals surface area contributed by atoms with Gasteiger partial charge in [-0.2, -0.15) is 0 Å². The summed E-state index contributed by atoms with van der Waals surface area (Å²) < 4.78 is 0. The molecule has 1 fully saturated rings. The summed E-state index contributed by atoms with van der Waals surface area (Å²) in [5.74, 6) is 0.750. The van der Waals surface area contributed by atoms with Crippen LogP contribution in [-0.4, -0.2) is 29.8 Å². The third kappa shape index (κ3) is 2.80. The summed E-state index contributed by atoms with van der Waals surface area (Å²) in [4.78, 5) is 25.9. The molecule has 2 unspecified atom stereocenters. The predicted molar refractivity (Wildman–Crippen MR) is 82.3 cm³/mol. The first-order valence-electron chi connectivity index (χ1n) is 7.74. The van der Waals surface area contributed by atoms with Gasteiger partial charge in [0.2, 0.25) is 5.91 Å². The lowest BCUT2D eigenvalue weighted by atomic mass is 9.86. The van der Waals surface area contributed by atoms with Crippen LogP contribution in [0.1, 0.15) is 48.5 Å². The number of fused-ring (bicyclic) bond motifs is 1. The maximum atomic E-state index is 12.6. The molecule has 1 aliphatic heterocycles. The molecule has 4 nitrogen and oxygen atoms in total. The molecule has 2 amide bonds. The number of amides is 2. The van der Waals surface area contributed by atoms with Crippen LogP contribution in [0.5, 0.6) is 0 Å². The molecule has 21 heavy (non-hydrogen) atoms. The molecule has 0 spiro atoms. The Bertz CT molecular complexity index is 582. The number of hydrogen-bond acceptors (Lipinski definition) is 2. The monoisotopic (exact) mass is 286 g/mol. The average Bonchev–Trinajstić information content (AvgIpc) is 2.84. The van der Waals surface area contributed by atoms with Gasteiger partial charge in [0.05, 0.1) is 6.42 Å².